The number of rotatable bonds is 10. The highest BCUT2D eigenvalue weighted by atomic mass is 16.5. The van der Waals surface area contributed by atoms with E-state index in [0.29, 0.717) is 31.5 Å². The Morgan fingerprint density at radius 1 is 1.14 bits per heavy atom. The number of nitrogens with one attached hydrogen (secondary N) is 1. The summed E-state index contributed by atoms with van der Waals surface area (Å²) < 4.78 is 8.05. The van der Waals surface area contributed by atoms with Crippen LogP contribution in [0.25, 0.3) is 5.65 Å². The summed E-state index contributed by atoms with van der Waals surface area (Å²) in [5.74, 6) is 0.734. The van der Waals surface area contributed by atoms with Gasteiger partial charge in [0.2, 0.25) is 11.9 Å². The van der Waals surface area contributed by atoms with Crippen LogP contribution in [0.4, 0.5) is 5.95 Å². The van der Waals surface area contributed by atoms with Crippen molar-refractivity contribution in [3.05, 3.63) is 59.8 Å². The van der Waals surface area contributed by atoms with Gasteiger partial charge in [0, 0.05) is 44.1 Å². The molecule has 0 aliphatic carbocycles. The van der Waals surface area contributed by atoms with Crippen molar-refractivity contribution in [2.75, 3.05) is 38.5 Å². The number of piperidine rings is 2. The Balaban J connectivity index is 1.32. The number of aromatic nitrogens is 4. The van der Waals surface area contributed by atoms with Gasteiger partial charge in [0.1, 0.15) is 11.9 Å². The van der Waals surface area contributed by atoms with Gasteiger partial charge in [-0.25, -0.2) is 0 Å². The van der Waals surface area contributed by atoms with E-state index in [-0.39, 0.29) is 35.7 Å². The summed E-state index contributed by atoms with van der Waals surface area (Å²) >= 11 is 0. The van der Waals surface area contributed by atoms with Gasteiger partial charge in [-0.3, -0.25) is 9.59 Å². The first-order valence-electron chi connectivity index (χ1n) is 15.1. The van der Waals surface area contributed by atoms with Crippen LogP contribution in [-0.2, 0) is 16.0 Å². The van der Waals surface area contributed by atoms with E-state index >= 15 is 0 Å². The largest absolute Gasteiger partial charge is 0.460 e. The number of Topliss-reactive ketones (excluding diaryl/α,β-unsaturated/α-hetero) is 1. The minimum atomic E-state index is -0.144. The van der Waals surface area contributed by atoms with Crippen LogP contribution in [0.15, 0.2) is 43.1 Å². The molecular weight excluding hydrogens is 530 g/mol. The van der Waals surface area contributed by atoms with E-state index in [0.717, 1.165) is 61.1 Å². The van der Waals surface area contributed by atoms with Crippen molar-refractivity contribution in [1.82, 2.24) is 29.4 Å². The molecule has 224 valence electrons. The van der Waals surface area contributed by atoms with Gasteiger partial charge in [-0.2, -0.15) is 19.6 Å². The number of likely N-dealkylation sites (tertiary alicyclic amines) is 2. The molecule has 2 saturated heterocycles. The van der Waals surface area contributed by atoms with Gasteiger partial charge in [-0.05, 0) is 62.8 Å². The van der Waals surface area contributed by atoms with Crippen molar-refractivity contribution >= 4 is 23.3 Å². The summed E-state index contributed by atoms with van der Waals surface area (Å²) in [6.07, 6.45) is 7.12. The predicted molar refractivity (Wildman–Crippen MR) is 163 cm³/mol. The van der Waals surface area contributed by atoms with E-state index < -0.39 is 0 Å². The average Bonchev–Trinajstić information content (AvgIpc) is 3.43. The quantitative estimate of drug-likeness (QED) is 0.355. The van der Waals surface area contributed by atoms with Gasteiger partial charge in [0.05, 0.1) is 12.2 Å². The number of carbonyl (C=O) groups excluding carboxylic acids is 2. The summed E-state index contributed by atoms with van der Waals surface area (Å²) in [7, 11) is 2.13. The zero-order chi connectivity index (χ0) is 29.8. The van der Waals surface area contributed by atoms with Gasteiger partial charge in [0.15, 0.2) is 5.65 Å². The SMILES string of the molecule is C=CC(=O)N1CCCC(C(=O)Cc2cccc(C(C)Nc3nc(OC4CCN(C)CC4)nc4c(C(C)C)cnn34)c2)C1. The van der Waals surface area contributed by atoms with Crippen LogP contribution in [0.5, 0.6) is 6.01 Å². The highest BCUT2D eigenvalue weighted by Gasteiger charge is 2.28. The number of ether oxygens (including phenoxy) is 1. The van der Waals surface area contributed by atoms with Crippen molar-refractivity contribution in [3.63, 3.8) is 0 Å². The monoisotopic (exact) mass is 573 g/mol. The molecule has 10 nitrogen and oxygen atoms in total. The molecule has 1 aromatic carbocycles. The Morgan fingerprint density at radius 2 is 1.93 bits per heavy atom. The second kappa shape index (κ2) is 13.0. The van der Waals surface area contributed by atoms with Crippen LogP contribution >= 0.6 is 0 Å². The van der Waals surface area contributed by atoms with Gasteiger partial charge in [-0.1, -0.05) is 44.7 Å². The van der Waals surface area contributed by atoms with Crippen LogP contribution < -0.4 is 10.1 Å². The summed E-state index contributed by atoms with van der Waals surface area (Å²) in [4.78, 5) is 38.8. The molecule has 2 fully saturated rings. The molecule has 10 heteroatoms. The maximum atomic E-state index is 13.2. The highest BCUT2D eigenvalue weighted by molar-refractivity contribution is 5.88. The maximum Gasteiger partial charge on any atom is 0.322 e. The first-order chi connectivity index (χ1) is 20.2. The molecule has 0 spiro atoms. The third kappa shape index (κ3) is 6.81. The van der Waals surface area contributed by atoms with E-state index in [4.69, 9.17) is 14.7 Å². The molecule has 42 heavy (non-hydrogen) atoms. The molecule has 5 rings (SSSR count). The number of hydrogen-bond acceptors (Lipinski definition) is 8. The van der Waals surface area contributed by atoms with Crippen LogP contribution in [0.2, 0.25) is 0 Å². The zero-order valence-corrected chi connectivity index (χ0v) is 25.3. The summed E-state index contributed by atoms with van der Waals surface area (Å²) in [5, 5.41) is 8.14. The van der Waals surface area contributed by atoms with Crippen molar-refractivity contribution in [2.24, 2.45) is 5.92 Å². The number of amides is 1. The summed E-state index contributed by atoms with van der Waals surface area (Å²) in [5.41, 5.74) is 3.78. The fourth-order valence-electron chi connectivity index (χ4n) is 5.84. The Morgan fingerprint density at radius 3 is 2.67 bits per heavy atom. The molecule has 1 N–H and O–H groups in total. The average molecular weight is 574 g/mol. The molecule has 1 amide bonds. The number of ketones is 1. The predicted octanol–water partition coefficient (Wildman–Crippen LogP) is 4.43. The van der Waals surface area contributed by atoms with E-state index in [2.05, 4.69) is 55.8 Å². The van der Waals surface area contributed by atoms with Crippen LogP contribution in [0.3, 0.4) is 0 Å². The van der Waals surface area contributed by atoms with Crippen molar-refractivity contribution in [3.8, 4) is 6.01 Å². The number of fused-ring (bicyclic) bond motifs is 1. The van der Waals surface area contributed by atoms with Crippen molar-refractivity contribution < 1.29 is 14.3 Å². The lowest BCUT2D eigenvalue weighted by Crippen LogP contribution is -2.41. The van der Waals surface area contributed by atoms with Gasteiger partial charge in [-0.15, -0.1) is 0 Å². The first-order valence-corrected chi connectivity index (χ1v) is 15.1. The molecule has 2 aromatic heterocycles. The van der Waals surface area contributed by atoms with Gasteiger partial charge >= 0.3 is 6.01 Å². The molecule has 4 heterocycles. The highest BCUT2D eigenvalue weighted by Crippen LogP contribution is 2.27. The second-order valence-electron chi connectivity index (χ2n) is 12.0. The standard InChI is InChI=1S/C32H43N7O3/c1-6-29(41)38-14-8-11-25(20-38)28(40)18-23-9-7-10-24(17-23)22(4)34-31-36-32(42-26-12-15-37(5)16-13-26)35-30-27(21(2)3)19-33-39(30)31/h6-7,9-10,17,19,21-22,25-26H,1,8,11-16,18,20H2,2-5H3,(H,34,35,36). The number of hydrogen-bond donors (Lipinski definition) is 1. The third-order valence-electron chi connectivity index (χ3n) is 8.47. The molecule has 0 bridgehead atoms. The fourth-order valence-corrected chi connectivity index (χ4v) is 5.84. The molecule has 0 radical (unpaired) electrons. The Kier molecular flexibility index (Phi) is 9.21. The lowest BCUT2D eigenvalue weighted by molar-refractivity contribution is -0.130. The Bertz CT molecular complexity index is 1430. The smallest absolute Gasteiger partial charge is 0.322 e. The third-order valence-corrected chi connectivity index (χ3v) is 8.47. The van der Waals surface area contributed by atoms with Crippen LogP contribution in [0.1, 0.15) is 75.1 Å². The fraction of sp³-hybridized carbons (Fsp3) is 0.531. The maximum absolute atomic E-state index is 13.2. The molecule has 2 aliphatic rings. The molecule has 2 aliphatic heterocycles. The molecule has 3 aromatic rings. The molecule has 2 unspecified atom stereocenters. The Labute approximate surface area is 248 Å². The summed E-state index contributed by atoms with van der Waals surface area (Å²) in [6, 6.07) is 8.35. The number of nitrogens with zero attached hydrogens (tertiary/aromatic N) is 6. The molecule has 2 atom stereocenters. The lowest BCUT2D eigenvalue weighted by Gasteiger charge is -2.31. The van der Waals surface area contributed by atoms with E-state index in [1.807, 2.05) is 24.4 Å². The topological polar surface area (TPSA) is 105 Å². The number of carbonyl (C=O) groups is 2. The second-order valence-corrected chi connectivity index (χ2v) is 12.0. The summed E-state index contributed by atoms with van der Waals surface area (Å²) in [6.45, 7) is 13.0. The lowest BCUT2D eigenvalue weighted by atomic mass is 9.89. The Hall–Kier alpha value is -3.79. The van der Waals surface area contributed by atoms with Crippen LogP contribution in [-0.4, -0.2) is 80.4 Å². The zero-order valence-electron chi connectivity index (χ0n) is 25.3. The molecular formula is C32H43N7O3. The van der Waals surface area contributed by atoms with E-state index in [1.165, 1.54) is 6.08 Å². The minimum absolute atomic E-state index is 0.0831. The molecule has 0 saturated carbocycles. The first kappa shape index (κ1) is 29.7. The van der Waals surface area contributed by atoms with Crippen molar-refractivity contribution in [2.45, 2.75) is 70.9 Å². The number of anilines is 1. The van der Waals surface area contributed by atoms with E-state index in [1.54, 1.807) is 9.42 Å². The van der Waals surface area contributed by atoms with Gasteiger partial charge in [0.25, 0.3) is 0 Å². The minimum Gasteiger partial charge on any atom is -0.460 e. The normalized spacial score (nSPS) is 19.2. The van der Waals surface area contributed by atoms with Gasteiger partial charge < -0.3 is 19.9 Å². The number of benzene rings is 1. The van der Waals surface area contributed by atoms with Crippen LogP contribution in [0, 0.1) is 5.92 Å². The van der Waals surface area contributed by atoms with Crippen molar-refractivity contribution in [1.29, 1.82) is 0 Å². The van der Waals surface area contributed by atoms with E-state index in [9.17, 15) is 9.59 Å².